The van der Waals surface area contributed by atoms with Gasteiger partial charge in [0.1, 0.15) is 12.9 Å². The van der Waals surface area contributed by atoms with Gasteiger partial charge in [0.25, 0.3) is 0 Å². The van der Waals surface area contributed by atoms with Crippen molar-refractivity contribution in [2.45, 2.75) is 19.1 Å². The first-order valence-electron chi connectivity index (χ1n) is 5.55. The van der Waals surface area contributed by atoms with Crippen molar-refractivity contribution in [2.24, 2.45) is 0 Å². The molecule has 0 aromatic heterocycles. The van der Waals surface area contributed by atoms with Crippen LogP contribution in [0.25, 0.3) is 0 Å². The largest absolute Gasteiger partial charge is 0.359 e. The first-order chi connectivity index (χ1) is 9.26. The average Bonchev–Trinajstić information content (AvgIpc) is 2.32. The van der Waals surface area contributed by atoms with E-state index in [4.69, 9.17) is 37.2 Å². The lowest BCUT2D eigenvalue weighted by Gasteiger charge is -2.25. The molecule has 0 aliphatic carbocycles. The smallest absolute Gasteiger partial charge is 0.333 e. The van der Waals surface area contributed by atoms with E-state index in [0.29, 0.717) is 10.6 Å². The standard InChI is InChI=1S/C11H15Cl2NO5S/c1-7(14-20(15,16)17)11(19-6-18-2)8-4-3-5-9(12)10(8)13/h3-5,7,11,14H,6H2,1-2H3,(H,15,16,17)/t7-,11+/m1/s1. The number of nitrogens with one attached hydrogen (secondary N) is 1. The summed E-state index contributed by atoms with van der Waals surface area (Å²) in [7, 11) is -2.94. The molecule has 1 aromatic carbocycles. The Morgan fingerprint density at radius 1 is 1.40 bits per heavy atom. The van der Waals surface area contributed by atoms with Gasteiger partial charge in [-0.2, -0.15) is 13.1 Å². The van der Waals surface area contributed by atoms with Crippen LogP contribution >= 0.6 is 23.2 Å². The molecular weight excluding hydrogens is 329 g/mol. The predicted molar refractivity (Wildman–Crippen MR) is 76.3 cm³/mol. The van der Waals surface area contributed by atoms with E-state index < -0.39 is 22.4 Å². The van der Waals surface area contributed by atoms with E-state index in [-0.39, 0.29) is 11.8 Å². The molecule has 9 heteroatoms. The maximum absolute atomic E-state index is 10.9. The minimum atomic E-state index is -4.37. The fourth-order valence-electron chi connectivity index (χ4n) is 1.68. The van der Waals surface area contributed by atoms with Gasteiger partial charge < -0.3 is 9.47 Å². The van der Waals surface area contributed by atoms with Gasteiger partial charge in [-0.05, 0) is 13.0 Å². The lowest BCUT2D eigenvalue weighted by Crippen LogP contribution is -2.38. The summed E-state index contributed by atoms with van der Waals surface area (Å²) in [6, 6.07) is 4.13. The highest BCUT2D eigenvalue weighted by molar-refractivity contribution is 7.83. The third-order valence-electron chi connectivity index (χ3n) is 2.44. The van der Waals surface area contributed by atoms with E-state index in [0.717, 1.165) is 0 Å². The van der Waals surface area contributed by atoms with Crippen molar-refractivity contribution >= 4 is 33.5 Å². The number of benzene rings is 1. The van der Waals surface area contributed by atoms with Gasteiger partial charge in [0.2, 0.25) is 0 Å². The number of halogens is 2. The Labute approximate surface area is 127 Å². The summed E-state index contributed by atoms with van der Waals surface area (Å²) in [5.41, 5.74) is 0.486. The molecule has 0 bridgehead atoms. The van der Waals surface area contributed by atoms with Gasteiger partial charge in [0.15, 0.2) is 0 Å². The minimum absolute atomic E-state index is 0.0784. The molecule has 0 aliphatic rings. The second-order valence-corrected chi connectivity index (χ2v) is 5.99. The van der Waals surface area contributed by atoms with Gasteiger partial charge in [-0.3, -0.25) is 4.55 Å². The van der Waals surface area contributed by atoms with E-state index >= 15 is 0 Å². The van der Waals surface area contributed by atoms with E-state index in [1.165, 1.54) is 14.0 Å². The average molecular weight is 344 g/mol. The predicted octanol–water partition coefficient (Wildman–Crippen LogP) is 2.44. The maximum Gasteiger partial charge on any atom is 0.333 e. The molecule has 0 radical (unpaired) electrons. The van der Waals surface area contributed by atoms with Gasteiger partial charge in [0.05, 0.1) is 16.1 Å². The molecule has 1 aromatic rings. The van der Waals surface area contributed by atoms with Crippen molar-refractivity contribution in [1.29, 1.82) is 0 Å². The molecule has 20 heavy (non-hydrogen) atoms. The molecule has 0 unspecified atom stereocenters. The van der Waals surface area contributed by atoms with Crippen LogP contribution in [0.15, 0.2) is 18.2 Å². The van der Waals surface area contributed by atoms with Crippen LogP contribution in [0.5, 0.6) is 0 Å². The highest BCUT2D eigenvalue weighted by Gasteiger charge is 2.26. The van der Waals surface area contributed by atoms with Gasteiger partial charge in [-0.15, -0.1) is 0 Å². The van der Waals surface area contributed by atoms with E-state index in [9.17, 15) is 8.42 Å². The van der Waals surface area contributed by atoms with Crippen LogP contribution in [-0.4, -0.2) is 32.9 Å². The van der Waals surface area contributed by atoms with Gasteiger partial charge in [-0.1, -0.05) is 35.3 Å². The number of methoxy groups -OCH3 is 1. The Hall–Kier alpha value is -0.410. The minimum Gasteiger partial charge on any atom is -0.359 e. The van der Waals surface area contributed by atoms with E-state index in [1.54, 1.807) is 18.2 Å². The molecule has 0 aliphatic heterocycles. The maximum atomic E-state index is 10.9. The highest BCUT2D eigenvalue weighted by atomic mass is 35.5. The van der Waals surface area contributed by atoms with Crippen molar-refractivity contribution in [3.63, 3.8) is 0 Å². The molecular formula is C11H15Cl2NO5S. The summed E-state index contributed by atoms with van der Waals surface area (Å²) in [5.74, 6) is 0. The molecule has 1 rings (SSSR count). The van der Waals surface area contributed by atoms with Crippen LogP contribution in [0, 0.1) is 0 Å². The number of hydrogen-bond donors (Lipinski definition) is 2. The lowest BCUT2D eigenvalue weighted by molar-refractivity contribution is -0.0814. The molecule has 2 N–H and O–H groups in total. The molecule has 2 atom stereocenters. The van der Waals surface area contributed by atoms with Gasteiger partial charge in [-0.25, -0.2) is 0 Å². The fraction of sp³-hybridized carbons (Fsp3) is 0.455. The topological polar surface area (TPSA) is 84.9 Å². The summed E-state index contributed by atoms with van der Waals surface area (Å²) in [4.78, 5) is 0. The summed E-state index contributed by atoms with van der Waals surface area (Å²) >= 11 is 12.0. The van der Waals surface area contributed by atoms with Crippen LogP contribution < -0.4 is 4.72 Å². The third kappa shape index (κ3) is 5.17. The summed E-state index contributed by atoms with van der Waals surface area (Å²) < 4.78 is 42.9. The van der Waals surface area contributed by atoms with Gasteiger partial charge >= 0.3 is 10.3 Å². The normalized spacial score (nSPS) is 15.1. The molecule has 0 saturated carbocycles. The zero-order valence-corrected chi connectivity index (χ0v) is 13.2. The van der Waals surface area contributed by atoms with Crippen LogP contribution in [0.1, 0.15) is 18.6 Å². The van der Waals surface area contributed by atoms with Crippen LogP contribution in [0.4, 0.5) is 0 Å². The number of hydrogen-bond acceptors (Lipinski definition) is 4. The lowest BCUT2D eigenvalue weighted by atomic mass is 10.0. The van der Waals surface area contributed by atoms with Crippen molar-refractivity contribution in [2.75, 3.05) is 13.9 Å². The Balaban J connectivity index is 3.08. The Morgan fingerprint density at radius 3 is 2.60 bits per heavy atom. The second-order valence-electron chi connectivity index (χ2n) is 4.02. The summed E-state index contributed by atoms with van der Waals surface area (Å²) in [5, 5.41) is 0.563. The Kier molecular flexibility index (Phi) is 6.67. The molecule has 114 valence electrons. The molecule has 0 heterocycles. The van der Waals surface area contributed by atoms with Crippen LogP contribution in [0.3, 0.4) is 0 Å². The SMILES string of the molecule is COCO[C@H](c1cccc(Cl)c1Cl)[C@@H](C)NS(=O)(=O)O. The molecule has 0 amide bonds. The first-order valence-corrected chi connectivity index (χ1v) is 7.75. The highest BCUT2D eigenvalue weighted by Crippen LogP contribution is 2.33. The number of rotatable bonds is 7. The summed E-state index contributed by atoms with van der Waals surface area (Å²) in [6.07, 6.45) is -0.775. The van der Waals surface area contributed by atoms with Crippen molar-refractivity contribution in [3.8, 4) is 0 Å². The quantitative estimate of drug-likeness (QED) is 0.586. The second kappa shape index (κ2) is 7.56. The molecule has 6 nitrogen and oxygen atoms in total. The molecule has 0 fully saturated rings. The Bertz CT molecular complexity index is 552. The fourth-order valence-corrected chi connectivity index (χ4v) is 2.69. The molecule has 0 saturated heterocycles. The first kappa shape index (κ1) is 17.6. The molecule has 0 spiro atoms. The zero-order chi connectivity index (χ0) is 15.3. The number of ether oxygens (including phenoxy) is 2. The van der Waals surface area contributed by atoms with Gasteiger partial charge in [0, 0.05) is 12.7 Å². The van der Waals surface area contributed by atoms with E-state index in [1.807, 2.05) is 4.72 Å². The van der Waals surface area contributed by atoms with Crippen molar-refractivity contribution < 1.29 is 22.4 Å². The zero-order valence-electron chi connectivity index (χ0n) is 10.8. The van der Waals surface area contributed by atoms with Crippen molar-refractivity contribution in [3.05, 3.63) is 33.8 Å². The summed E-state index contributed by atoms with van der Waals surface area (Å²) in [6.45, 7) is 1.44. The van der Waals surface area contributed by atoms with Crippen molar-refractivity contribution in [1.82, 2.24) is 4.72 Å². The van der Waals surface area contributed by atoms with E-state index in [2.05, 4.69) is 0 Å². The Morgan fingerprint density at radius 2 is 2.05 bits per heavy atom. The van der Waals surface area contributed by atoms with Crippen LogP contribution in [0.2, 0.25) is 10.0 Å². The third-order valence-corrected chi connectivity index (χ3v) is 3.95. The van der Waals surface area contributed by atoms with Crippen LogP contribution in [-0.2, 0) is 19.8 Å². The monoisotopic (exact) mass is 343 g/mol.